The van der Waals surface area contributed by atoms with Crippen LogP contribution in [0.5, 0.6) is 0 Å². The molecule has 0 aliphatic heterocycles. The molecule has 7 saturated carbocycles. The van der Waals surface area contributed by atoms with E-state index in [0.717, 1.165) is 37.5 Å². The summed E-state index contributed by atoms with van der Waals surface area (Å²) in [5.74, 6) is 4.31. The van der Waals surface area contributed by atoms with E-state index < -0.39 is 26.4 Å². The zero-order valence-electron chi connectivity index (χ0n) is 44.0. The molecule has 71 heavy (non-hydrogen) atoms. The molecule has 7 rings (SSSR count). The van der Waals surface area contributed by atoms with Gasteiger partial charge < -0.3 is 39.8 Å². The van der Waals surface area contributed by atoms with Gasteiger partial charge in [0.2, 0.25) is 0 Å². The first-order chi connectivity index (χ1) is 34.6. The molecule has 0 heterocycles. The fraction of sp³-hybridized carbons (Fsp3) is 1.00. The summed E-state index contributed by atoms with van der Waals surface area (Å²) in [6.07, 6.45) is 24.2. The molecule has 7 aliphatic rings. The van der Waals surface area contributed by atoms with Gasteiger partial charge in [0.1, 0.15) is 0 Å². The van der Waals surface area contributed by atoms with Crippen molar-refractivity contribution in [2.75, 3.05) is 65.2 Å². The Labute approximate surface area is 480 Å². The van der Waals surface area contributed by atoms with Crippen molar-refractivity contribution in [2.24, 2.45) is 23.7 Å². The average molecular weight is 1270 g/mol. The lowest BCUT2D eigenvalue weighted by atomic mass is 9.88. The van der Waals surface area contributed by atoms with Crippen LogP contribution in [0.2, 0.25) is 16.1 Å². The maximum absolute atomic E-state index is 7.64. The van der Waals surface area contributed by atoms with Crippen molar-refractivity contribution in [1.29, 1.82) is 0 Å². The molecule has 0 aromatic rings. The second kappa shape index (κ2) is 30.7. The molecule has 0 aromatic heterocycles. The number of hydrogen-bond acceptors (Lipinski definition) is 21. The van der Waals surface area contributed by atoms with Gasteiger partial charge in [-0.15, -0.1) is 0 Å². The molecule has 6 bridgehead atoms. The number of hydrogen-bond donors (Lipinski definition) is 0. The lowest BCUT2D eigenvalue weighted by Crippen LogP contribution is -2.56. The normalized spacial score (nSPS) is 31.7. The van der Waals surface area contributed by atoms with Crippen molar-refractivity contribution in [3.8, 4) is 0 Å². The van der Waals surface area contributed by atoms with Crippen LogP contribution in [0.15, 0.2) is 0 Å². The summed E-state index contributed by atoms with van der Waals surface area (Å²) in [7, 11) is 15.2. The van der Waals surface area contributed by atoms with Crippen LogP contribution < -0.4 is 0 Å². The van der Waals surface area contributed by atoms with Gasteiger partial charge in [-0.25, -0.2) is 0 Å². The van der Waals surface area contributed by atoms with Gasteiger partial charge in [0, 0.05) is 84.2 Å². The summed E-state index contributed by atoms with van der Waals surface area (Å²) in [5.41, 5.74) is 0.618. The predicted molar refractivity (Wildman–Crippen MR) is 332 cm³/mol. The Morgan fingerprint density at radius 2 is 0.887 bits per heavy atom. The summed E-state index contributed by atoms with van der Waals surface area (Å²) in [6.45, 7) is 22.4. The van der Waals surface area contributed by atoms with Crippen LogP contribution in [-0.2, 0) is 39.8 Å². The Morgan fingerprint density at radius 3 is 1.30 bits per heavy atom. The van der Waals surface area contributed by atoms with Gasteiger partial charge in [-0.3, -0.25) is 0 Å². The van der Waals surface area contributed by atoms with Gasteiger partial charge in [0.25, 0.3) is 0 Å². The summed E-state index contributed by atoms with van der Waals surface area (Å²) in [6, 6.07) is 0. The summed E-state index contributed by atoms with van der Waals surface area (Å²) >= 11 is 0. The largest absolute Gasteiger partial charge is 0.507 e. The molecular weight excluding hydrogens is 1180 g/mol. The monoisotopic (exact) mass is 1260 g/mol. The standard InChI is InChI=1S/C47H88O9S12Si3/c1-9-48-69(49-10-2,50-11-3)42-32-40-24-29-45(42,35-40)58-64-67-61-47(60-66-63-57-31-26-38-20-18-17-19-21-38,37-56-71(54-15-7,55-16-8)44-27-22-39(34-44)23-28-44)62-68-65-59-46-30-25-41(36-46)33-43(46)70(51-12-4,52-13-5)53-14-6/h38-43H,9-37H2,1-8H3. The highest BCUT2D eigenvalue weighted by molar-refractivity contribution is 9.32. The van der Waals surface area contributed by atoms with Crippen molar-refractivity contribution in [3.63, 3.8) is 0 Å². The van der Waals surface area contributed by atoms with E-state index in [9.17, 15) is 0 Å². The molecule has 0 aromatic carbocycles. The minimum Gasteiger partial charge on any atom is -0.374 e. The van der Waals surface area contributed by atoms with Crippen LogP contribution in [0.4, 0.5) is 0 Å². The molecule has 0 saturated heterocycles. The van der Waals surface area contributed by atoms with Gasteiger partial charge >= 0.3 is 26.4 Å². The zero-order chi connectivity index (χ0) is 50.3. The molecule has 24 heteroatoms. The van der Waals surface area contributed by atoms with E-state index in [2.05, 4.69) is 87.8 Å². The molecule has 7 fully saturated rings. The maximum atomic E-state index is 7.64. The van der Waals surface area contributed by atoms with E-state index in [0.29, 0.717) is 82.4 Å². The van der Waals surface area contributed by atoms with Crippen LogP contribution in [0.3, 0.4) is 0 Å². The second-order valence-electron chi connectivity index (χ2n) is 20.5. The first-order valence-electron chi connectivity index (χ1n) is 27.3. The van der Waals surface area contributed by atoms with Crippen molar-refractivity contribution >= 4 is 150 Å². The van der Waals surface area contributed by atoms with Gasteiger partial charge in [-0.05, 0) is 260 Å². The molecular formula is C47H88O9S12Si3. The van der Waals surface area contributed by atoms with E-state index in [-0.39, 0.29) is 17.9 Å². The average Bonchev–Trinajstić information content (AvgIpc) is 4.26. The summed E-state index contributed by atoms with van der Waals surface area (Å²) in [4.78, 5) is 0. The van der Waals surface area contributed by atoms with Crippen LogP contribution in [0.25, 0.3) is 0 Å². The molecule has 0 amide bonds. The van der Waals surface area contributed by atoms with Crippen molar-refractivity contribution in [3.05, 3.63) is 0 Å². The third kappa shape index (κ3) is 15.4. The molecule has 0 spiro atoms. The smallest absolute Gasteiger partial charge is 0.374 e. The predicted octanol–water partition coefficient (Wildman–Crippen LogP) is 18.7. The molecule has 9 nitrogen and oxygen atoms in total. The van der Waals surface area contributed by atoms with Gasteiger partial charge in [0.15, 0.2) is 3.41 Å². The Morgan fingerprint density at radius 1 is 0.451 bits per heavy atom. The summed E-state index contributed by atoms with van der Waals surface area (Å²) < 4.78 is 61.4. The highest BCUT2D eigenvalue weighted by atomic mass is 33.7. The first kappa shape index (κ1) is 63.1. The Kier molecular flexibility index (Phi) is 27.3. The van der Waals surface area contributed by atoms with Gasteiger partial charge in [-0.1, -0.05) is 64.5 Å². The Balaban J connectivity index is 1.13. The van der Waals surface area contributed by atoms with Crippen LogP contribution in [-0.4, -0.2) is 105 Å². The van der Waals surface area contributed by atoms with Crippen LogP contribution in [0.1, 0.15) is 177 Å². The third-order valence-electron chi connectivity index (χ3n) is 16.4. The topological polar surface area (TPSA) is 83.1 Å². The molecule has 414 valence electrons. The first-order valence-corrected chi connectivity index (χ1v) is 47.3. The molecule has 6 unspecified atom stereocenters. The number of fused-ring (bicyclic) bond motifs is 6. The minimum absolute atomic E-state index is 0.0171. The fourth-order valence-corrected chi connectivity index (χ4v) is 54.6. The molecule has 0 radical (unpaired) electrons. The van der Waals surface area contributed by atoms with Crippen molar-refractivity contribution in [1.82, 2.24) is 0 Å². The number of rotatable bonds is 39. The highest BCUT2D eigenvalue weighted by Gasteiger charge is 2.69. The Hall–Kier alpha value is 4.49. The highest BCUT2D eigenvalue weighted by Crippen LogP contribution is 2.75. The summed E-state index contributed by atoms with van der Waals surface area (Å²) in [5, 5.41) is 0.0171. The Bertz CT molecular complexity index is 1460. The van der Waals surface area contributed by atoms with E-state index in [4.69, 9.17) is 39.8 Å². The van der Waals surface area contributed by atoms with E-state index >= 15 is 0 Å². The SMILES string of the molecule is CCO[Si](OCC)(OCC)C1CC2CCC1(SSSSC(CO[Si](OCC)(OCC)C13CCC(CC1)C3)(SSSSCCC1CCCCC1)SSSSC13CCC(CC1[Si](OCC)(OCC)OCC)C3)C2. The van der Waals surface area contributed by atoms with Gasteiger partial charge in [0.05, 0.1) is 6.61 Å². The molecule has 6 atom stereocenters. The maximum Gasteiger partial charge on any atom is 0.507 e. The van der Waals surface area contributed by atoms with Gasteiger partial charge in [-0.2, -0.15) is 0 Å². The molecule has 0 N–H and O–H groups in total. The fourth-order valence-electron chi connectivity index (χ4n) is 13.7. The van der Waals surface area contributed by atoms with Crippen molar-refractivity contribution < 1.29 is 39.8 Å². The van der Waals surface area contributed by atoms with Crippen molar-refractivity contribution in [2.45, 2.75) is 206 Å². The van der Waals surface area contributed by atoms with E-state index in [1.165, 1.54) is 102 Å². The second-order valence-corrected chi connectivity index (χ2v) is 48.9. The quantitative estimate of drug-likeness (QED) is 0.0253. The zero-order valence-corrected chi connectivity index (χ0v) is 56.8. The lowest BCUT2D eigenvalue weighted by molar-refractivity contribution is 0.0420. The third-order valence-corrected chi connectivity index (χ3v) is 52.4. The molecule has 7 aliphatic carbocycles. The van der Waals surface area contributed by atoms with E-state index in [1.807, 2.05) is 91.3 Å². The van der Waals surface area contributed by atoms with Crippen LogP contribution >= 0.6 is 124 Å². The lowest BCUT2D eigenvalue weighted by Gasteiger charge is -2.44. The minimum atomic E-state index is -3.11. The van der Waals surface area contributed by atoms with Crippen LogP contribution in [0, 0.1) is 23.7 Å². The van der Waals surface area contributed by atoms with E-state index in [1.54, 1.807) is 0 Å².